The van der Waals surface area contributed by atoms with Gasteiger partial charge < -0.3 is 34.8 Å². The van der Waals surface area contributed by atoms with E-state index in [1.54, 1.807) is 6.92 Å². The molecule has 3 saturated carbocycles. The molecule has 7 fully saturated rings. The summed E-state index contributed by atoms with van der Waals surface area (Å²) in [7, 11) is 0. The standard InChI is InChI=1S/C22H33NO9/c1-9-4-5-22-10(2)16(27)23(12-14(26)13(25)11(8-24)29-18(12)28)17-15(22)21(9)7-6-20(3,30-17)32-31-19(21)22/h9-15,17-19,24-26,28H,4-8H2,1-3H3/t9-,10+,11+,12?,13+,14+,15?,17?,18-,19?,20+,21?,22?/m1/s1. The number of likely N-dealkylation sites (tertiary alicyclic amines) is 1. The number of nitrogens with zero attached hydrogens (tertiary/aromatic N) is 1. The van der Waals surface area contributed by atoms with E-state index in [0.717, 1.165) is 19.3 Å². The van der Waals surface area contributed by atoms with Crippen LogP contribution in [-0.4, -0.2) is 86.6 Å². The van der Waals surface area contributed by atoms with Gasteiger partial charge in [-0.2, -0.15) is 0 Å². The number of aliphatic hydroxyl groups excluding tert-OH is 4. The minimum Gasteiger partial charge on any atom is -0.394 e. The van der Waals surface area contributed by atoms with E-state index in [0.29, 0.717) is 12.3 Å². The zero-order valence-electron chi connectivity index (χ0n) is 18.6. The monoisotopic (exact) mass is 455 g/mol. The van der Waals surface area contributed by atoms with Gasteiger partial charge in [-0.15, -0.1) is 0 Å². The van der Waals surface area contributed by atoms with E-state index in [1.165, 1.54) is 4.90 Å². The SMILES string of the molecule is C[C@@H]1CCC23C4OO[C@@]5(C)CCC41C2C(O5)N(C1[C@H](O)O[C@@H](CO)[C@H](O)[C@H]1O)C(=O)[C@@H]3C. The molecule has 10 heteroatoms. The quantitative estimate of drug-likeness (QED) is 0.405. The summed E-state index contributed by atoms with van der Waals surface area (Å²) < 4.78 is 11.9. The first kappa shape index (κ1) is 21.7. The van der Waals surface area contributed by atoms with Crippen molar-refractivity contribution in [1.29, 1.82) is 0 Å². The lowest BCUT2D eigenvalue weighted by atomic mass is 9.30. The first-order valence-corrected chi connectivity index (χ1v) is 11.8. The molecule has 0 aromatic heterocycles. The van der Waals surface area contributed by atoms with Crippen molar-refractivity contribution in [3.05, 3.63) is 0 Å². The third-order valence-electron chi connectivity index (χ3n) is 9.94. The third kappa shape index (κ3) is 2.26. The van der Waals surface area contributed by atoms with Crippen LogP contribution in [0.3, 0.4) is 0 Å². The zero-order chi connectivity index (χ0) is 22.8. The third-order valence-corrected chi connectivity index (χ3v) is 9.94. The lowest BCUT2D eigenvalue weighted by Gasteiger charge is -2.78. The van der Waals surface area contributed by atoms with Gasteiger partial charge in [-0.05, 0) is 32.1 Å². The number of hydrogen-bond donors (Lipinski definition) is 4. The first-order chi connectivity index (χ1) is 15.1. The summed E-state index contributed by atoms with van der Waals surface area (Å²) in [5.41, 5.74) is -0.670. The summed E-state index contributed by atoms with van der Waals surface area (Å²) in [6.45, 7) is 5.32. The Morgan fingerprint density at radius 3 is 2.56 bits per heavy atom. The molecule has 4 saturated heterocycles. The Kier molecular flexibility index (Phi) is 4.49. The highest BCUT2D eigenvalue weighted by Crippen LogP contribution is 2.79. The average molecular weight is 456 g/mol. The fourth-order valence-electron chi connectivity index (χ4n) is 8.31. The van der Waals surface area contributed by atoms with Crippen LogP contribution in [0.1, 0.15) is 46.5 Å². The van der Waals surface area contributed by atoms with Crippen molar-refractivity contribution in [2.24, 2.45) is 28.6 Å². The molecular formula is C22H33NO9. The largest absolute Gasteiger partial charge is 0.394 e. The molecule has 13 atom stereocenters. The van der Waals surface area contributed by atoms with Gasteiger partial charge in [0.15, 0.2) is 6.29 Å². The Morgan fingerprint density at radius 1 is 1.09 bits per heavy atom. The summed E-state index contributed by atoms with van der Waals surface area (Å²) in [6.07, 6.45) is -3.41. The number of fused-ring (bicyclic) bond motifs is 4. The van der Waals surface area contributed by atoms with Gasteiger partial charge in [-0.3, -0.25) is 4.79 Å². The fraction of sp³-hybridized carbons (Fsp3) is 0.955. The van der Waals surface area contributed by atoms with Crippen LogP contribution < -0.4 is 0 Å². The number of aliphatic hydroxyl groups is 4. The Bertz CT molecular complexity index is 827. The van der Waals surface area contributed by atoms with Gasteiger partial charge in [0.1, 0.15) is 36.7 Å². The molecule has 10 nitrogen and oxygen atoms in total. The molecule has 32 heavy (non-hydrogen) atoms. The van der Waals surface area contributed by atoms with Crippen molar-refractivity contribution >= 4 is 5.91 Å². The second-order valence-electron chi connectivity index (χ2n) is 11.0. The Hall–Kier alpha value is -0.850. The van der Waals surface area contributed by atoms with Crippen molar-refractivity contribution in [3.8, 4) is 0 Å². The molecule has 3 aliphatic carbocycles. The molecule has 0 radical (unpaired) electrons. The lowest BCUT2D eigenvalue weighted by Crippen LogP contribution is -2.85. The summed E-state index contributed by atoms with van der Waals surface area (Å²) in [4.78, 5) is 27.2. The minimum absolute atomic E-state index is 0.0470. The van der Waals surface area contributed by atoms with Crippen molar-refractivity contribution in [2.75, 3.05) is 6.61 Å². The molecule has 7 aliphatic rings. The molecule has 2 spiro atoms. The van der Waals surface area contributed by atoms with E-state index in [9.17, 15) is 25.2 Å². The number of rotatable bonds is 2. The van der Waals surface area contributed by atoms with Crippen molar-refractivity contribution < 1.29 is 44.5 Å². The van der Waals surface area contributed by atoms with Gasteiger partial charge in [0.25, 0.3) is 0 Å². The molecule has 1 amide bonds. The van der Waals surface area contributed by atoms with Gasteiger partial charge in [0.05, 0.1) is 6.61 Å². The predicted octanol–water partition coefficient (Wildman–Crippen LogP) is -0.520. The average Bonchev–Trinajstić information content (AvgIpc) is 2.95. The van der Waals surface area contributed by atoms with Crippen LogP contribution in [0.25, 0.3) is 0 Å². The van der Waals surface area contributed by atoms with Gasteiger partial charge in [0, 0.05) is 29.1 Å². The fourth-order valence-corrected chi connectivity index (χ4v) is 8.31. The van der Waals surface area contributed by atoms with E-state index >= 15 is 0 Å². The first-order valence-electron chi connectivity index (χ1n) is 11.8. The van der Waals surface area contributed by atoms with Gasteiger partial charge in [0.2, 0.25) is 11.7 Å². The second kappa shape index (κ2) is 6.63. The van der Waals surface area contributed by atoms with Crippen molar-refractivity contribution in [3.63, 3.8) is 0 Å². The van der Waals surface area contributed by atoms with Crippen LogP contribution in [0, 0.1) is 28.6 Å². The number of hydrogen-bond acceptors (Lipinski definition) is 9. The summed E-state index contributed by atoms with van der Waals surface area (Å²) in [6, 6.07) is -1.24. The van der Waals surface area contributed by atoms with E-state index in [1.807, 2.05) is 6.92 Å². The molecule has 4 heterocycles. The van der Waals surface area contributed by atoms with Crippen LogP contribution in [0.2, 0.25) is 0 Å². The maximum Gasteiger partial charge on any atom is 0.228 e. The molecule has 0 aromatic rings. The van der Waals surface area contributed by atoms with Crippen LogP contribution in [0.4, 0.5) is 0 Å². The number of carbonyl (C=O) groups excluding carboxylic acids is 1. The molecule has 4 N–H and O–H groups in total. The Morgan fingerprint density at radius 2 is 1.84 bits per heavy atom. The summed E-state index contributed by atoms with van der Waals surface area (Å²) in [5.74, 6) is -1.51. The number of amides is 1. The van der Waals surface area contributed by atoms with Crippen LogP contribution in [0.15, 0.2) is 0 Å². The number of carbonyl (C=O) groups is 1. The van der Waals surface area contributed by atoms with Crippen molar-refractivity contribution in [2.45, 2.75) is 95.2 Å². The molecule has 0 aromatic carbocycles. The topological polar surface area (TPSA) is 138 Å². The van der Waals surface area contributed by atoms with E-state index < -0.39 is 60.6 Å². The Labute approximate surface area is 186 Å². The normalized spacial score (nSPS) is 61.1. The van der Waals surface area contributed by atoms with Gasteiger partial charge in [-0.1, -0.05) is 13.8 Å². The maximum atomic E-state index is 13.9. The highest BCUT2D eigenvalue weighted by Gasteiger charge is 2.84. The molecule has 180 valence electrons. The van der Waals surface area contributed by atoms with Gasteiger partial charge in [-0.25, -0.2) is 9.78 Å². The summed E-state index contributed by atoms with van der Waals surface area (Å²) >= 11 is 0. The molecule has 6 unspecified atom stereocenters. The molecule has 7 rings (SSSR count). The van der Waals surface area contributed by atoms with Crippen LogP contribution in [-0.2, 0) is 24.0 Å². The van der Waals surface area contributed by atoms with E-state index in [-0.39, 0.29) is 23.3 Å². The zero-order valence-corrected chi connectivity index (χ0v) is 18.6. The van der Waals surface area contributed by atoms with E-state index in [4.69, 9.17) is 19.2 Å². The maximum absolute atomic E-state index is 13.9. The minimum atomic E-state index is -1.59. The second-order valence-corrected chi connectivity index (χ2v) is 11.0. The van der Waals surface area contributed by atoms with Crippen LogP contribution >= 0.6 is 0 Å². The smallest absolute Gasteiger partial charge is 0.228 e. The van der Waals surface area contributed by atoms with Crippen LogP contribution in [0.5, 0.6) is 0 Å². The Balaban J connectivity index is 1.48. The van der Waals surface area contributed by atoms with E-state index in [2.05, 4.69) is 6.92 Å². The predicted molar refractivity (Wildman–Crippen MR) is 105 cm³/mol. The number of ether oxygens (including phenoxy) is 2. The lowest BCUT2D eigenvalue weighted by molar-refractivity contribution is -0.535. The molecule has 4 aliphatic heterocycles. The van der Waals surface area contributed by atoms with Gasteiger partial charge >= 0.3 is 0 Å². The number of piperidine rings is 1. The molecule has 3 bridgehead atoms. The highest BCUT2D eigenvalue weighted by atomic mass is 17.2. The molecular weight excluding hydrogens is 422 g/mol. The highest BCUT2D eigenvalue weighted by molar-refractivity contribution is 5.82. The summed E-state index contributed by atoms with van der Waals surface area (Å²) in [5, 5.41) is 41.7. The van der Waals surface area contributed by atoms with Crippen molar-refractivity contribution in [1.82, 2.24) is 4.90 Å².